The number of hydrogen-bond acceptors (Lipinski definition) is 2. The smallest absolute Gasteiger partial charge is 0.253 e. The number of amides is 1. The molecule has 3 nitrogen and oxygen atoms in total. The first-order chi connectivity index (χ1) is 8.99. The lowest BCUT2D eigenvalue weighted by atomic mass is 9.90. The third-order valence-corrected chi connectivity index (χ3v) is 4.99. The molecule has 1 amide bonds. The predicted molar refractivity (Wildman–Crippen MR) is 81.5 cm³/mol. The summed E-state index contributed by atoms with van der Waals surface area (Å²) in [7, 11) is 1.87. The maximum atomic E-state index is 12.4. The topological polar surface area (TPSA) is 46.3 Å². The van der Waals surface area contributed by atoms with Gasteiger partial charge in [-0.15, -0.1) is 0 Å². The largest absolute Gasteiger partial charge is 0.339 e. The zero-order valence-electron chi connectivity index (χ0n) is 10.9. The van der Waals surface area contributed by atoms with E-state index in [1.807, 2.05) is 11.9 Å². The van der Waals surface area contributed by atoms with Crippen molar-refractivity contribution in [3.8, 4) is 0 Å². The van der Waals surface area contributed by atoms with Gasteiger partial charge >= 0.3 is 0 Å². The molecule has 5 heteroatoms. The minimum atomic E-state index is 0.0397. The molecule has 0 spiro atoms. The molecular formula is C14H18BrClN2O. The van der Waals surface area contributed by atoms with E-state index in [0.717, 1.165) is 30.2 Å². The van der Waals surface area contributed by atoms with Crippen LogP contribution in [0.15, 0.2) is 22.7 Å². The summed E-state index contributed by atoms with van der Waals surface area (Å²) in [6.45, 7) is 0. The number of rotatable bonds is 2. The van der Waals surface area contributed by atoms with Crippen LogP contribution in [0.1, 0.15) is 36.0 Å². The standard InChI is InChI=1S/C14H18BrClN2O/c1-18(11-5-3-10(17)4-6-11)14(19)9-2-7-13(16)12(15)8-9/h2,7-8,10-11H,3-6,17H2,1H3. The van der Waals surface area contributed by atoms with Crippen LogP contribution >= 0.6 is 27.5 Å². The van der Waals surface area contributed by atoms with Gasteiger partial charge in [-0.05, 0) is 59.8 Å². The third kappa shape index (κ3) is 3.50. The van der Waals surface area contributed by atoms with Crippen molar-refractivity contribution in [2.45, 2.75) is 37.8 Å². The highest BCUT2D eigenvalue weighted by atomic mass is 79.9. The van der Waals surface area contributed by atoms with Crippen molar-refractivity contribution in [3.05, 3.63) is 33.3 Å². The van der Waals surface area contributed by atoms with Crippen LogP contribution in [-0.2, 0) is 0 Å². The number of carbonyl (C=O) groups is 1. The molecule has 19 heavy (non-hydrogen) atoms. The van der Waals surface area contributed by atoms with E-state index in [1.165, 1.54) is 0 Å². The van der Waals surface area contributed by atoms with E-state index in [-0.39, 0.29) is 5.91 Å². The van der Waals surface area contributed by atoms with E-state index in [2.05, 4.69) is 15.9 Å². The first kappa shape index (κ1) is 14.8. The summed E-state index contributed by atoms with van der Waals surface area (Å²) in [4.78, 5) is 14.3. The highest BCUT2D eigenvalue weighted by molar-refractivity contribution is 9.10. The van der Waals surface area contributed by atoms with Gasteiger partial charge in [0.1, 0.15) is 0 Å². The lowest BCUT2D eigenvalue weighted by Gasteiger charge is -2.33. The Bertz CT molecular complexity index is 473. The predicted octanol–water partition coefficient (Wildman–Crippen LogP) is 3.44. The van der Waals surface area contributed by atoms with E-state index < -0.39 is 0 Å². The summed E-state index contributed by atoms with van der Waals surface area (Å²) in [6.07, 6.45) is 3.95. The van der Waals surface area contributed by atoms with Gasteiger partial charge < -0.3 is 10.6 Å². The van der Waals surface area contributed by atoms with Crippen molar-refractivity contribution in [1.29, 1.82) is 0 Å². The van der Waals surface area contributed by atoms with Crippen LogP contribution in [0.2, 0.25) is 5.02 Å². The second-order valence-electron chi connectivity index (χ2n) is 5.11. The second kappa shape index (κ2) is 6.25. The Balaban J connectivity index is 2.08. The summed E-state index contributed by atoms with van der Waals surface area (Å²) in [5.41, 5.74) is 6.56. The molecule has 0 radical (unpaired) electrons. The van der Waals surface area contributed by atoms with Crippen molar-refractivity contribution in [3.63, 3.8) is 0 Å². The Morgan fingerprint density at radius 2 is 2.00 bits per heavy atom. The number of nitrogens with zero attached hydrogens (tertiary/aromatic N) is 1. The molecule has 0 heterocycles. The Hall–Kier alpha value is -0.580. The minimum Gasteiger partial charge on any atom is -0.339 e. The fourth-order valence-electron chi connectivity index (χ4n) is 2.49. The van der Waals surface area contributed by atoms with E-state index in [9.17, 15) is 4.79 Å². The maximum absolute atomic E-state index is 12.4. The molecule has 0 unspecified atom stereocenters. The number of halogens is 2. The number of nitrogens with two attached hydrogens (primary N) is 1. The maximum Gasteiger partial charge on any atom is 0.253 e. The van der Waals surface area contributed by atoms with Gasteiger partial charge in [-0.3, -0.25) is 4.79 Å². The molecule has 0 aromatic heterocycles. The normalized spacial score (nSPS) is 23.2. The van der Waals surface area contributed by atoms with Crippen LogP contribution in [0.5, 0.6) is 0 Å². The van der Waals surface area contributed by atoms with Crippen LogP contribution < -0.4 is 5.73 Å². The van der Waals surface area contributed by atoms with Crippen LogP contribution in [0.3, 0.4) is 0 Å². The average Bonchev–Trinajstić information content (AvgIpc) is 2.41. The van der Waals surface area contributed by atoms with E-state index in [1.54, 1.807) is 18.2 Å². The van der Waals surface area contributed by atoms with Gasteiger partial charge in [-0.1, -0.05) is 11.6 Å². The van der Waals surface area contributed by atoms with Crippen LogP contribution in [0, 0.1) is 0 Å². The number of carbonyl (C=O) groups excluding carboxylic acids is 1. The molecular weight excluding hydrogens is 328 g/mol. The van der Waals surface area contributed by atoms with Gasteiger partial charge in [0.05, 0.1) is 5.02 Å². The Labute approximate surface area is 127 Å². The van der Waals surface area contributed by atoms with Crippen molar-refractivity contribution < 1.29 is 4.79 Å². The van der Waals surface area contributed by atoms with Gasteiger partial charge in [-0.25, -0.2) is 0 Å². The monoisotopic (exact) mass is 344 g/mol. The molecule has 1 aliphatic carbocycles. The van der Waals surface area contributed by atoms with Crippen molar-refractivity contribution in [1.82, 2.24) is 4.90 Å². The molecule has 0 atom stereocenters. The molecule has 0 bridgehead atoms. The van der Waals surface area contributed by atoms with Gasteiger partial charge in [0.15, 0.2) is 0 Å². The fourth-order valence-corrected chi connectivity index (χ4v) is 2.98. The third-order valence-electron chi connectivity index (χ3n) is 3.78. The highest BCUT2D eigenvalue weighted by Gasteiger charge is 2.25. The molecule has 2 rings (SSSR count). The van der Waals surface area contributed by atoms with Gasteiger partial charge in [0, 0.05) is 29.2 Å². The molecule has 1 saturated carbocycles. The van der Waals surface area contributed by atoms with Crippen molar-refractivity contribution >= 4 is 33.4 Å². The van der Waals surface area contributed by atoms with Crippen molar-refractivity contribution in [2.75, 3.05) is 7.05 Å². The zero-order valence-corrected chi connectivity index (χ0v) is 13.2. The van der Waals surface area contributed by atoms with E-state index in [4.69, 9.17) is 17.3 Å². The fraction of sp³-hybridized carbons (Fsp3) is 0.500. The number of benzene rings is 1. The molecule has 0 aliphatic heterocycles. The lowest BCUT2D eigenvalue weighted by Crippen LogP contribution is -2.41. The van der Waals surface area contributed by atoms with Gasteiger partial charge in [-0.2, -0.15) is 0 Å². The molecule has 1 fully saturated rings. The van der Waals surface area contributed by atoms with Crippen LogP contribution in [-0.4, -0.2) is 29.9 Å². The lowest BCUT2D eigenvalue weighted by molar-refractivity contribution is 0.0690. The Kier molecular flexibility index (Phi) is 4.87. The van der Waals surface area contributed by atoms with E-state index in [0.29, 0.717) is 22.7 Å². The molecule has 104 valence electrons. The summed E-state index contributed by atoms with van der Waals surface area (Å²) >= 11 is 9.29. The number of hydrogen-bond donors (Lipinski definition) is 1. The first-order valence-electron chi connectivity index (χ1n) is 6.47. The Morgan fingerprint density at radius 3 is 2.58 bits per heavy atom. The average molecular weight is 346 g/mol. The summed E-state index contributed by atoms with van der Waals surface area (Å²) < 4.78 is 0.749. The first-order valence-corrected chi connectivity index (χ1v) is 7.64. The highest BCUT2D eigenvalue weighted by Crippen LogP contribution is 2.26. The second-order valence-corrected chi connectivity index (χ2v) is 6.38. The van der Waals surface area contributed by atoms with Gasteiger partial charge in [0.2, 0.25) is 0 Å². The molecule has 1 aliphatic rings. The molecule has 0 saturated heterocycles. The van der Waals surface area contributed by atoms with Crippen LogP contribution in [0.25, 0.3) is 0 Å². The summed E-state index contributed by atoms with van der Waals surface area (Å²) in [5.74, 6) is 0.0397. The zero-order chi connectivity index (χ0) is 14.0. The Morgan fingerprint density at radius 1 is 1.37 bits per heavy atom. The quantitative estimate of drug-likeness (QED) is 0.892. The SMILES string of the molecule is CN(C(=O)c1ccc(Cl)c(Br)c1)C1CCC(N)CC1. The van der Waals surface area contributed by atoms with E-state index >= 15 is 0 Å². The van der Waals surface area contributed by atoms with Crippen LogP contribution in [0.4, 0.5) is 0 Å². The molecule has 1 aromatic carbocycles. The summed E-state index contributed by atoms with van der Waals surface area (Å²) in [5, 5.41) is 0.614. The van der Waals surface area contributed by atoms with Crippen molar-refractivity contribution in [2.24, 2.45) is 5.73 Å². The summed E-state index contributed by atoms with van der Waals surface area (Å²) in [6, 6.07) is 5.87. The molecule has 1 aromatic rings. The van der Waals surface area contributed by atoms with Gasteiger partial charge in [0.25, 0.3) is 5.91 Å². The molecule has 2 N–H and O–H groups in total. The minimum absolute atomic E-state index is 0.0397.